The first-order valence-electron chi connectivity index (χ1n) is 8.99. The van der Waals surface area contributed by atoms with Gasteiger partial charge in [-0.1, -0.05) is 18.2 Å². The second kappa shape index (κ2) is 8.63. The van der Waals surface area contributed by atoms with Crippen LogP contribution in [0, 0.1) is 19.7 Å². The SMILES string of the molecule is Cc1nc2nc(N)nn2c(C)c1CCC(=O)OCC(=O)NCc1ccccc1F. The van der Waals surface area contributed by atoms with Crippen molar-refractivity contribution in [1.82, 2.24) is 24.9 Å². The molecule has 3 aromatic rings. The number of hydrogen-bond acceptors (Lipinski definition) is 7. The highest BCUT2D eigenvalue weighted by molar-refractivity contribution is 5.80. The monoisotopic (exact) mass is 400 g/mol. The van der Waals surface area contributed by atoms with Crippen LogP contribution in [0.5, 0.6) is 0 Å². The number of nitrogens with one attached hydrogen (secondary N) is 1. The molecule has 29 heavy (non-hydrogen) atoms. The van der Waals surface area contributed by atoms with E-state index in [1.807, 2.05) is 13.8 Å². The molecular formula is C19H21FN6O3. The van der Waals surface area contributed by atoms with E-state index in [9.17, 15) is 14.0 Å². The van der Waals surface area contributed by atoms with Crippen LogP contribution in [0.2, 0.25) is 0 Å². The third-order valence-corrected chi connectivity index (χ3v) is 4.44. The Morgan fingerprint density at radius 3 is 2.76 bits per heavy atom. The smallest absolute Gasteiger partial charge is 0.306 e. The molecular weight excluding hydrogens is 379 g/mol. The predicted octanol–water partition coefficient (Wildman–Crippen LogP) is 1.25. The molecule has 152 valence electrons. The van der Waals surface area contributed by atoms with Crippen LogP contribution in [0.4, 0.5) is 10.3 Å². The molecule has 3 N–H and O–H groups in total. The molecule has 0 aliphatic heterocycles. The van der Waals surface area contributed by atoms with Gasteiger partial charge in [-0.15, -0.1) is 5.10 Å². The minimum absolute atomic E-state index is 0.0220. The van der Waals surface area contributed by atoms with E-state index in [4.69, 9.17) is 10.5 Å². The van der Waals surface area contributed by atoms with Crippen molar-refractivity contribution in [2.45, 2.75) is 33.2 Å². The molecule has 0 spiro atoms. The summed E-state index contributed by atoms with van der Waals surface area (Å²) in [6.45, 7) is 3.25. The molecule has 10 heteroatoms. The number of fused-ring (bicyclic) bond motifs is 1. The number of halogens is 1. The molecule has 0 unspecified atom stereocenters. The van der Waals surface area contributed by atoms with Crippen LogP contribution in [-0.2, 0) is 27.3 Å². The second-order valence-corrected chi connectivity index (χ2v) is 6.47. The number of carbonyl (C=O) groups is 2. The highest BCUT2D eigenvalue weighted by atomic mass is 19.1. The molecule has 1 amide bonds. The van der Waals surface area contributed by atoms with Gasteiger partial charge in [0, 0.05) is 29.9 Å². The van der Waals surface area contributed by atoms with Crippen molar-refractivity contribution in [3.05, 3.63) is 52.6 Å². The number of aromatic nitrogens is 4. The normalized spacial score (nSPS) is 10.9. The molecule has 0 saturated carbocycles. The molecule has 0 fully saturated rings. The van der Waals surface area contributed by atoms with E-state index in [0.29, 0.717) is 17.8 Å². The predicted molar refractivity (Wildman–Crippen MR) is 102 cm³/mol. The quantitative estimate of drug-likeness (QED) is 0.572. The first kappa shape index (κ1) is 20.2. The number of nitrogens with zero attached hydrogens (tertiary/aromatic N) is 4. The molecule has 2 aromatic heterocycles. The van der Waals surface area contributed by atoms with Crippen LogP contribution in [-0.4, -0.2) is 38.1 Å². The fraction of sp³-hybridized carbons (Fsp3) is 0.316. The maximum atomic E-state index is 13.5. The summed E-state index contributed by atoms with van der Waals surface area (Å²) in [5.74, 6) is -0.915. The van der Waals surface area contributed by atoms with Gasteiger partial charge in [-0.05, 0) is 31.9 Å². The second-order valence-electron chi connectivity index (χ2n) is 6.47. The molecule has 0 aliphatic rings. The van der Waals surface area contributed by atoms with E-state index in [1.165, 1.54) is 10.6 Å². The van der Waals surface area contributed by atoms with Gasteiger partial charge in [0.25, 0.3) is 11.7 Å². The number of rotatable bonds is 7. The Kier molecular flexibility index (Phi) is 6.01. The van der Waals surface area contributed by atoms with Gasteiger partial charge in [0.15, 0.2) is 6.61 Å². The van der Waals surface area contributed by atoms with Crippen LogP contribution >= 0.6 is 0 Å². The molecule has 3 rings (SSSR count). The summed E-state index contributed by atoms with van der Waals surface area (Å²) < 4.78 is 20.0. The Balaban J connectivity index is 1.49. The van der Waals surface area contributed by atoms with Gasteiger partial charge in [-0.2, -0.15) is 9.50 Å². The van der Waals surface area contributed by atoms with Crippen LogP contribution in [0.3, 0.4) is 0 Å². The van der Waals surface area contributed by atoms with Crippen molar-refractivity contribution in [3.63, 3.8) is 0 Å². The Morgan fingerprint density at radius 1 is 1.24 bits per heavy atom. The van der Waals surface area contributed by atoms with E-state index in [-0.39, 0.29) is 18.9 Å². The zero-order valence-corrected chi connectivity index (χ0v) is 16.1. The van der Waals surface area contributed by atoms with Crippen molar-refractivity contribution < 1.29 is 18.7 Å². The summed E-state index contributed by atoms with van der Waals surface area (Å²) in [5, 5.41) is 6.59. The molecule has 9 nitrogen and oxygen atoms in total. The summed E-state index contributed by atoms with van der Waals surface area (Å²) in [6.07, 6.45) is 0.440. The lowest BCUT2D eigenvalue weighted by Gasteiger charge is -2.10. The van der Waals surface area contributed by atoms with E-state index < -0.39 is 24.3 Å². The first-order valence-corrected chi connectivity index (χ1v) is 8.99. The van der Waals surface area contributed by atoms with Crippen molar-refractivity contribution in [3.8, 4) is 0 Å². The van der Waals surface area contributed by atoms with Gasteiger partial charge >= 0.3 is 5.97 Å². The van der Waals surface area contributed by atoms with Gasteiger partial charge in [0.05, 0.1) is 0 Å². The molecule has 0 atom stereocenters. The number of nitrogen functional groups attached to an aromatic ring is 1. The van der Waals surface area contributed by atoms with E-state index in [0.717, 1.165) is 17.0 Å². The fourth-order valence-corrected chi connectivity index (χ4v) is 2.92. The number of nitrogens with two attached hydrogens (primary N) is 1. The highest BCUT2D eigenvalue weighted by Crippen LogP contribution is 2.16. The average Bonchev–Trinajstić information content (AvgIpc) is 3.05. The van der Waals surface area contributed by atoms with Crippen molar-refractivity contribution in [2.24, 2.45) is 0 Å². The Morgan fingerprint density at radius 2 is 2.00 bits per heavy atom. The van der Waals surface area contributed by atoms with E-state index in [2.05, 4.69) is 20.4 Å². The van der Waals surface area contributed by atoms with Crippen LogP contribution < -0.4 is 11.1 Å². The maximum Gasteiger partial charge on any atom is 0.306 e. The van der Waals surface area contributed by atoms with Crippen LogP contribution in [0.1, 0.15) is 28.9 Å². The third-order valence-electron chi connectivity index (χ3n) is 4.44. The Hall–Kier alpha value is -3.56. The number of anilines is 1. The lowest BCUT2D eigenvalue weighted by Crippen LogP contribution is -2.28. The number of esters is 1. The fourth-order valence-electron chi connectivity index (χ4n) is 2.92. The van der Waals surface area contributed by atoms with Gasteiger partial charge < -0.3 is 15.8 Å². The zero-order valence-electron chi connectivity index (χ0n) is 16.1. The number of amides is 1. The number of hydrogen-bond donors (Lipinski definition) is 2. The van der Waals surface area contributed by atoms with Crippen LogP contribution in [0.25, 0.3) is 5.78 Å². The van der Waals surface area contributed by atoms with Crippen molar-refractivity contribution in [1.29, 1.82) is 0 Å². The third kappa shape index (κ3) is 4.84. The topological polar surface area (TPSA) is 124 Å². The number of ether oxygens (including phenoxy) is 1. The molecule has 1 aromatic carbocycles. The van der Waals surface area contributed by atoms with Crippen LogP contribution in [0.15, 0.2) is 24.3 Å². The van der Waals surface area contributed by atoms with Crippen molar-refractivity contribution >= 4 is 23.6 Å². The Labute approximate surface area is 166 Å². The standard InChI is InChI=1S/C19H21FN6O3/c1-11-14(12(2)26-19(23-11)24-18(21)25-26)7-8-17(28)29-10-16(27)22-9-13-5-3-4-6-15(13)20/h3-6H,7-10H2,1-2H3,(H2,21,25)(H,22,27). The largest absolute Gasteiger partial charge is 0.456 e. The summed E-state index contributed by atoms with van der Waals surface area (Å²) in [7, 11) is 0. The highest BCUT2D eigenvalue weighted by Gasteiger charge is 2.15. The minimum atomic E-state index is -0.525. The molecule has 0 aliphatic carbocycles. The van der Waals surface area contributed by atoms with E-state index >= 15 is 0 Å². The minimum Gasteiger partial charge on any atom is -0.456 e. The molecule has 0 saturated heterocycles. The van der Waals surface area contributed by atoms with Crippen molar-refractivity contribution in [2.75, 3.05) is 12.3 Å². The number of carbonyl (C=O) groups excluding carboxylic acids is 2. The maximum absolute atomic E-state index is 13.5. The first-order chi connectivity index (χ1) is 13.8. The molecule has 0 radical (unpaired) electrons. The van der Waals surface area contributed by atoms with Gasteiger partial charge in [0.1, 0.15) is 5.82 Å². The summed E-state index contributed by atoms with van der Waals surface area (Å²) in [6, 6.07) is 6.12. The van der Waals surface area contributed by atoms with Gasteiger partial charge in [-0.25, -0.2) is 9.37 Å². The van der Waals surface area contributed by atoms with E-state index in [1.54, 1.807) is 18.2 Å². The summed E-state index contributed by atoms with van der Waals surface area (Å²) in [4.78, 5) is 32.2. The average molecular weight is 400 g/mol. The zero-order chi connectivity index (χ0) is 21.0. The number of aryl methyl sites for hydroxylation is 2. The molecule has 0 bridgehead atoms. The lowest BCUT2D eigenvalue weighted by atomic mass is 10.1. The summed E-state index contributed by atoms with van der Waals surface area (Å²) >= 11 is 0. The van der Waals surface area contributed by atoms with Gasteiger partial charge in [-0.3, -0.25) is 9.59 Å². The summed E-state index contributed by atoms with van der Waals surface area (Å²) in [5.41, 5.74) is 8.30. The lowest BCUT2D eigenvalue weighted by molar-refractivity contribution is -0.148. The number of benzene rings is 1. The van der Waals surface area contributed by atoms with Gasteiger partial charge in [0.2, 0.25) is 5.95 Å². The molecule has 2 heterocycles. The Bertz CT molecular complexity index is 1070.